The van der Waals surface area contributed by atoms with Crippen molar-refractivity contribution >= 4 is 0 Å². The van der Waals surface area contributed by atoms with E-state index >= 15 is 0 Å². The fourth-order valence-electron chi connectivity index (χ4n) is 1.49. The van der Waals surface area contributed by atoms with Crippen molar-refractivity contribution in [2.75, 3.05) is 7.11 Å². The van der Waals surface area contributed by atoms with Crippen molar-refractivity contribution in [1.29, 1.82) is 0 Å². The van der Waals surface area contributed by atoms with Crippen molar-refractivity contribution in [2.45, 2.75) is 19.6 Å². The Balaban J connectivity index is 2.22. The second kappa shape index (κ2) is 5.07. The van der Waals surface area contributed by atoms with Crippen LogP contribution in [0.5, 0.6) is 0 Å². The van der Waals surface area contributed by atoms with E-state index in [-0.39, 0.29) is 12.6 Å². The van der Waals surface area contributed by atoms with Gasteiger partial charge in [0.1, 0.15) is 0 Å². The fraction of sp³-hybridized carbons (Fsp3) is 0.333. The third-order valence-corrected chi connectivity index (χ3v) is 2.63. The topological polar surface area (TPSA) is 74.2 Å². The zero-order chi connectivity index (χ0) is 12.3. The van der Waals surface area contributed by atoms with Gasteiger partial charge in [-0.2, -0.15) is 4.98 Å². The first kappa shape index (κ1) is 11.8. The van der Waals surface area contributed by atoms with Crippen LogP contribution in [0.25, 0.3) is 11.4 Å². The molecule has 0 spiro atoms. The average Bonchev–Trinajstić information content (AvgIpc) is 2.87. The number of hydrogen-bond acceptors (Lipinski definition) is 5. The predicted molar refractivity (Wildman–Crippen MR) is 63.0 cm³/mol. The van der Waals surface area contributed by atoms with Gasteiger partial charge in [-0.05, 0) is 12.5 Å². The maximum Gasteiger partial charge on any atom is 0.240 e. The quantitative estimate of drug-likeness (QED) is 0.873. The van der Waals surface area contributed by atoms with Crippen LogP contribution in [0.3, 0.4) is 0 Å². The molecule has 1 aromatic heterocycles. The van der Waals surface area contributed by atoms with E-state index < -0.39 is 0 Å². The van der Waals surface area contributed by atoms with Crippen LogP contribution in [0, 0.1) is 0 Å². The van der Waals surface area contributed by atoms with Gasteiger partial charge in [-0.1, -0.05) is 29.4 Å². The molecule has 1 aromatic carbocycles. The molecule has 2 rings (SSSR count). The van der Waals surface area contributed by atoms with Gasteiger partial charge >= 0.3 is 0 Å². The van der Waals surface area contributed by atoms with E-state index in [1.54, 1.807) is 7.11 Å². The molecule has 0 aliphatic rings. The van der Waals surface area contributed by atoms with Gasteiger partial charge in [-0.3, -0.25) is 0 Å². The number of aromatic nitrogens is 2. The molecule has 0 aliphatic heterocycles. The highest BCUT2D eigenvalue weighted by atomic mass is 16.5. The van der Waals surface area contributed by atoms with Gasteiger partial charge in [0.15, 0.2) is 0 Å². The lowest BCUT2D eigenvalue weighted by atomic mass is 10.1. The van der Waals surface area contributed by atoms with Crippen LogP contribution in [0.1, 0.15) is 24.5 Å². The molecule has 90 valence electrons. The number of nitrogens with zero attached hydrogens (tertiary/aromatic N) is 2. The van der Waals surface area contributed by atoms with E-state index in [1.807, 2.05) is 31.2 Å². The number of rotatable bonds is 4. The maximum absolute atomic E-state index is 5.41. The molecule has 2 aromatic rings. The SMILES string of the molecule is COC(C)c1ccc(-c2noc(CN)n2)cc1. The Kier molecular flexibility index (Phi) is 3.51. The van der Waals surface area contributed by atoms with Crippen molar-refractivity contribution in [3.05, 3.63) is 35.7 Å². The third kappa shape index (κ3) is 2.51. The average molecular weight is 233 g/mol. The summed E-state index contributed by atoms with van der Waals surface area (Å²) in [7, 11) is 1.69. The molecule has 0 radical (unpaired) electrons. The predicted octanol–water partition coefficient (Wildman–Crippen LogP) is 1.90. The molecular formula is C12H15N3O2. The van der Waals surface area contributed by atoms with Crippen LogP contribution in [0.4, 0.5) is 0 Å². The van der Waals surface area contributed by atoms with E-state index in [2.05, 4.69) is 10.1 Å². The van der Waals surface area contributed by atoms with Gasteiger partial charge in [0.25, 0.3) is 0 Å². The highest BCUT2D eigenvalue weighted by Gasteiger charge is 2.08. The molecule has 0 bridgehead atoms. The molecule has 0 fully saturated rings. The molecule has 1 atom stereocenters. The Morgan fingerprint density at radius 1 is 1.35 bits per heavy atom. The Bertz CT molecular complexity index is 479. The Hall–Kier alpha value is -1.72. The van der Waals surface area contributed by atoms with Gasteiger partial charge in [0.2, 0.25) is 11.7 Å². The second-order valence-corrected chi connectivity index (χ2v) is 3.72. The molecule has 5 nitrogen and oxygen atoms in total. The van der Waals surface area contributed by atoms with Crippen LogP contribution >= 0.6 is 0 Å². The maximum atomic E-state index is 5.41. The van der Waals surface area contributed by atoms with Gasteiger partial charge in [0, 0.05) is 12.7 Å². The normalized spacial score (nSPS) is 12.6. The number of hydrogen-bond donors (Lipinski definition) is 1. The Labute approximate surface area is 99.6 Å². The number of benzene rings is 1. The second-order valence-electron chi connectivity index (χ2n) is 3.72. The lowest BCUT2D eigenvalue weighted by Crippen LogP contribution is -1.96. The Morgan fingerprint density at radius 3 is 2.59 bits per heavy atom. The number of nitrogens with two attached hydrogens (primary N) is 1. The summed E-state index contributed by atoms with van der Waals surface area (Å²) in [6, 6.07) is 7.86. The van der Waals surface area contributed by atoms with Crippen LogP contribution in [-0.2, 0) is 11.3 Å². The zero-order valence-corrected chi connectivity index (χ0v) is 9.88. The summed E-state index contributed by atoms with van der Waals surface area (Å²) >= 11 is 0. The lowest BCUT2D eigenvalue weighted by Gasteiger charge is -2.09. The Morgan fingerprint density at radius 2 is 2.06 bits per heavy atom. The van der Waals surface area contributed by atoms with Crippen molar-refractivity contribution < 1.29 is 9.26 Å². The van der Waals surface area contributed by atoms with Crippen molar-refractivity contribution in [2.24, 2.45) is 5.73 Å². The van der Waals surface area contributed by atoms with E-state index in [0.29, 0.717) is 11.7 Å². The highest BCUT2D eigenvalue weighted by molar-refractivity contribution is 5.54. The molecule has 5 heteroatoms. The van der Waals surface area contributed by atoms with Crippen molar-refractivity contribution in [1.82, 2.24) is 10.1 Å². The monoisotopic (exact) mass is 233 g/mol. The first-order chi connectivity index (χ1) is 8.24. The van der Waals surface area contributed by atoms with Crippen LogP contribution < -0.4 is 5.73 Å². The number of ether oxygens (including phenoxy) is 1. The van der Waals surface area contributed by atoms with E-state index in [0.717, 1.165) is 11.1 Å². The summed E-state index contributed by atoms with van der Waals surface area (Å²) in [6.07, 6.45) is 0.0777. The smallest absolute Gasteiger partial charge is 0.240 e. The van der Waals surface area contributed by atoms with Gasteiger partial charge < -0.3 is 15.0 Å². The molecule has 1 heterocycles. The van der Waals surface area contributed by atoms with E-state index in [1.165, 1.54) is 0 Å². The van der Waals surface area contributed by atoms with Crippen molar-refractivity contribution in [3.8, 4) is 11.4 Å². The molecule has 17 heavy (non-hydrogen) atoms. The lowest BCUT2D eigenvalue weighted by molar-refractivity contribution is 0.119. The molecule has 0 saturated carbocycles. The van der Waals surface area contributed by atoms with Gasteiger partial charge in [0.05, 0.1) is 12.6 Å². The van der Waals surface area contributed by atoms with E-state index in [4.69, 9.17) is 15.0 Å². The minimum absolute atomic E-state index is 0.0777. The largest absolute Gasteiger partial charge is 0.377 e. The van der Waals surface area contributed by atoms with E-state index in [9.17, 15) is 0 Å². The van der Waals surface area contributed by atoms with Gasteiger partial charge in [-0.15, -0.1) is 0 Å². The highest BCUT2D eigenvalue weighted by Crippen LogP contribution is 2.21. The first-order valence-electron chi connectivity index (χ1n) is 5.40. The standard InChI is InChI=1S/C12H15N3O2/c1-8(16-2)9-3-5-10(6-4-9)12-14-11(7-13)17-15-12/h3-6,8H,7,13H2,1-2H3. The van der Waals surface area contributed by atoms with Crippen LogP contribution in [0.15, 0.2) is 28.8 Å². The minimum Gasteiger partial charge on any atom is -0.377 e. The third-order valence-electron chi connectivity index (χ3n) is 2.63. The summed E-state index contributed by atoms with van der Waals surface area (Å²) < 4.78 is 10.2. The molecule has 0 amide bonds. The number of methoxy groups -OCH3 is 1. The first-order valence-corrected chi connectivity index (χ1v) is 5.40. The fourth-order valence-corrected chi connectivity index (χ4v) is 1.49. The van der Waals surface area contributed by atoms with Crippen LogP contribution in [-0.4, -0.2) is 17.3 Å². The summed E-state index contributed by atoms with van der Waals surface area (Å²) in [6.45, 7) is 2.25. The molecule has 0 saturated heterocycles. The summed E-state index contributed by atoms with van der Waals surface area (Å²) in [5.74, 6) is 0.997. The summed E-state index contributed by atoms with van der Waals surface area (Å²) in [5, 5.41) is 3.85. The van der Waals surface area contributed by atoms with Crippen molar-refractivity contribution in [3.63, 3.8) is 0 Å². The van der Waals surface area contributed by atoms with Crippen LogP contribution in [0.2, 0.25) is 0 Å². The van der Waals surface area contributed by atoms with Gasteiger partial charge in [-0.25, -0.2) is 0 Å². The molecule has 2 N–H and O–H groups in total. The molecular weight excluding hydrogens is 218 g/mol. The summed E-state index contributed by atoms with van der Waals surface area (Å²) in [5.41, 5.74) is 7.42. The zero-order valence-electron chi connectivity index (χ0n) is 9.88. The minimum atomic E-state index is 0.0777. The molecule has 1 unspecified atom stereocenters. The summed E-state index contributed by atoms with van der Waals surface area (Å²) in [4.78, 5) is 4.16. The molecule has 0 aliphatic carbocycles.